The van der Waals surface area contributed by atoms with Gasteiger partial charge in [0, 0.05) is 5.56 Å². The van der Waals surface area contributed by atoms with Crippen LogP contribution in [-0.2, 0) is 6.42 Å². The van der Waals surface area contributed by atoms with Crippen molar-refractivity contribution in [3.63, 3.8) is 0 Å². The minimum absolute atomic E-state index is 0.109. The number of benzene rings is 2. The fourth-order valence-electron chi connectivity index (χ4n) is 1.84. The Bertz CT molecular complexity index is 547. The summed E-state index contributed by atoms with van der Waals surface area (Å²) in [4.78, 5) is 0. The van der Waals surface area contributed by atoms with Gasteiger partial charge in [-0.2, -0.15) is 0 Å². The fraction of sp³-hybridized carbons (Fsp3) is 0.143. The van der Waals surface area contributed by atoms with Gasteiger partial charge in [0.1, 0.15) is 17.2 Å². The summed E-state index contributed by atoms with van der Waals surface area (Å²) >= 11 is 0. The minimum Gasteiger partial charge on any atom is -0.508 e. The molecule has 0 aliphatic rings. The molecule has 0 aliphatic heterocycles. The summed E-state index contributed by atoms with van der Waals surface area (Å²) in [7, 11) is 0. The first-order valence-electron chi connectivity index (χ1n) is 5.46. The molecule has 17 heavy (non-hydrogen) atoms. The Labute approximate surface area is 99.6 Å². The van der Waals surface area contributed by atoms with Crippen LogP contribution in [0.15, 0.2) is 36.4 Å². The van der Waals surface area contributed by atoms with Gasteiger partial charge in [0.2, 0.25) is 0 Å². The predicted octanol–water partition coefficient (Wildman–Crippen LogP) is 3.03. The van der Waals surface area contributed by atoms with Crippen molar-refractivity contribution in [3.05, 3.63) is 42.0 Å². The lowest BCUT2D eigenvalue weighted by atomic mass is 9.99. The van der Waals surface area contributed by atoms with Crippen LogP contribution in [0.3, 0.4) is 0 Å². The van der Waals surface area contributed by atoms with E-state index in [2.05, 4.69) is 0 Å². The Hall–Kier alpha value is -2.16. The molecule has 0 atom stereocenters. The number of phenolic OH excluding ortho intramolecular Hbond substituents is 3. The lowest BCUT2D eigenvalue weighted by molar-refractivity contribution is 0.456. The minimum atomic E-state index is 0.109. The van der Waals surface area contributed by atoms with Gasteiger partial charge in [-0.05, 0) is 41.8 Å². The van der Waals surface area contributed by atoms with Crippen molar-refractivity contribution < 1.29 is 15.3 Å². The molecule has 0 aliphatic carbocycles. The number of hydrogen-bond acceptors (Lipinski definition) is 3. The van der Waals surface area contributed by atoms with Gasteiger partial charge in [-0.1, -0.05) is 19.1 Å². The summed E-state index contributed by atoms with van der Waals surface area (Å²) < 4.78 is 0. The second-order valence-corrected chi connectivity index (χ2v) is 3.90. The molecule has 0 unspecified atom stereocenters. The van der Waals surface area contributed by atoms with E-state index in [-0.39, 0.29) is 17.2 Å². The van der Waals surface area contributed by atoms with Crippen molar-refractivity contribution in [2.24, 2.45) is 0 Å². The molecule has 0 fully saturated rings. The van der Waals surface area contributed by atoms with Gasteiger partial charge in [-0.15, -0.1) is 0 Å². The molecular formula is C14H14O3. The average molecular weight is 230 g/mol. The molecule has 3 nitrogen and oxygen atoms in total. The largest absolute Gasteiger partial charge is 0.508 e. The maximum Gasteiger partial charge on any atom is 0.126 e. The van der Waals surface area contributed by atoms with Gasteiger partial charge in [0.05, 0.1) is 0 Å². The zero-order valence-corrected chi connectivity index (χ0v) is 9.51. The number of aromatic hydroxyl groups is 3. The number of hydrogen-bond donors (Lipinski definition) is 3. The second-order valence-electron chi connectivity index (χ2n) is 3.90. The van der Waals surface area contributed by atoms with Crippen LogP contribution in [0.5, 0.6) is 17.2 Å². The van der Waals surface area contributed by atoms with Gasteiger partial charge in [0.25, 0.3) is 0 Å². The van der Waals surface area contributed by atoms with Crippen LogP contribution in [-0.4, -0.2) is 15.3 Å². The second kappa shape index (κ2) is 4.37. The smallest absolute Gasteiger partial charge is 0.126 e. The quantitative estimate of drug-likeness (QED) is 0.695. The van der Waals surface area contributed by atoms with E-state index in [1.807, 2.05) is 6.92 Å². The van der Waals surface area contributed by atoms with Gasteiger partial charge in [-0.3, -0.25) is 0 Å². The molecule has 0 bridgehead atoms. The summed E-state index contributed by atoms with van der Waals surface area (Å²) in [5.41, 5.74) is 1.88. The number of phenols is 3. The number of aryl methyl sites for hydroxylation is 1. The van der Waals surface area contributed by atoms with E-state index in [9.17, 15) is 15.3 Å². The fourth-order valence-corrected chi connectivity index (χ4v) is 1.84. The van der Waals surface area contributed by atoms with Gasteiger partial charge in [0.15, 0.2) is 0 Å². The van der Waals surface area contributed by atoms with Crippen LogP contribution >= 0.6 is 0 Å². The molecule has 2 rings (SSSR count). The zero-order valence-electron chi connectivity index (χ0n) is 9.51. The van der Waals surface area contributed by atoms with Crippen LogP contribution in [0.25, 0.3) is 11.1 Å². The summed E-state index contributed by atoms with van der Waals surface area (Å²) in [6, 6.07) is 9.61. The van der Waals surface area contributed by atoms with E-state index in [1.165, 1.54) is 6.07 Å². The highest BCUT2D eigenvalue weighted by Crippen LogP contribution is 2.36. The maximum atomic E-state index is 10.1. The Morgan fingerprint density at radius 1 is 0.941 bits per heavy atom. The number of rotatable bonds is 2. The molecule has 0 radical (unpaired) electrons. The highest BCUT2D eigenvalue weighted by atomic mass is 16.3. The zero-order chi connectivity index (χ0) is 12.4. The van der Waals surface area contributed by atoms with E-state index in [1.54, 1.807) is 30.3 Å². The Morgan fingerprint density at radius 2 is 1.71 bits per heavy atom. The van der Waals surface area contributed by atoms with Gasteiger partial charge >= 0.3 is 0 Å². The molecule has 3 heteroatoms. The van der Waals surface area contributed by atoms with Crippen molar-refractivity contribution in [3.8, 4) is 28.4 Å². The van der Waals surface area contributed by atoms with Crippen molar-refractivity contribution in [2.45, 2.75) is 13.3 Å². The van der Waals surface area contributed by atoms with Gasteiger partial charge < -0.3 is 15.3 Å². The Balaban J connectivity index is 2.63. The lowest BCUT2D eigenvalue weighted by Gasteiger charge is -2.10. The standard InChI is InChI=1S/C14H14O3/c1-2-9-6-12(16)8-13(14(9)17)10-4-3-5-11(15)7-10/h3-8,15-17H,2H2,1H3. The predicted molar refractivity (Wildman–Crippen MR) is 66.3 cm³/mol. The van der Waals surface area contributed by atoms with Crippen LogP contribution in [0.2, 0.25) is 0 Å². The average Bonchev–Trinajstić information content (AvgIpc) is 2.31. The van der Waals surface area contributed by atoms with Crippen molar-refractivity contribution >= 4 is 0 Å². The molecule has 0 spiro atoms. The molecule has 88 valence electrons. The Morgan fingerprint density at radius 3 is 2.35 bits per heavy atom. The molecule has 3 N–H and O–H groups in total. The first kappa shape index (κ1) is 11.3. The molecular weight excluding hydrogens is 216 g/mol. The first-order chi connectivity index (χ1) is 8.11. The van der Waals surface area contributed by atoms with Crippen molar-refractivity contribution in [1.29, 1.82) is 0 Å². The lowest BCUT2D eigenvalue weighted by Crippen LogP contribution is -1.86. The highest BCUT2D eigenvalue weighted by Gasteiger charge is 2.10. The van der Waals surface area contributed by atoms with Crippen LogP contribution in [0, 0.1) is 0 Å². The van der Waals surface area contributed by atoms with E-state index in [4.69, 9.17) is 0 Å². The molecule has 0 saturated carbocycles. The van der Waals surface area contributed by atoms with Crippen LogP contribution in [0.4, 0.5) is 0 Å². The topological polar surface area (TPSA) is 60.7 Å². The summed E-state index contributed by atoms with van der Waals surface area (Å²) in [6.07, 6.45) is 0.631. The van der Waals surface area contributed by atoms with Crippen molar-refractivity contribution in [2.75, 3.05) is 0 Å². The molecule has 2 aromatic carbocycles. The SMILES string of the molecule is CCc1cc(O)cc(-c2cccc(O)c2)c1O. The molecule has 0 aromatic heterocycles. The third kappa shape index (κ3) is 2.18. The third-order valence-electron chi connectivity index (χ3n) is 2.71. The Kier molecular flexibility index (Phi) is 2.91. The third-order valence-corrected chi connectivity index (χ3v) is 2.71. The van der Waals surface area contributed by atoms with Crippen LogP contribution in [0.1, 0.15) is 12.5 Å². The summed E-state index contributed by atoms with van der Waals surface area (Å²) in [6.45, 7) is 1.90. The van der Waals surface area contributed by atoms with Gasteiger partial charge in [-0.25, -0.2) is 0 Å². The van der Waals surface area contributed by atoms with Crippen LogP contribution < -0.4 is 0 Å². The summed E-state index contributed by atoms with van der Waals surface area (Å²) in [5, 5.41) is 29.1. The highest BCUT2D eigenvalue weighted by molar-refractivity contribution is 5.74. The van der Waals surface area contributed by atoms with E-state index < -0.39 is 0 Å². The molecule has 2 aromatic rings. The monoisotopic (exact) mass is 230 g/mol. The molecule has 0 heterocycles. The van der Waals surface area contributed by atoms with E-state index >= 15 is 0 Å². The maximum absolute atomic E-state index is 10.1. The summed E-state index contributed by atoms with van der Waals surface area (Å²) in [5.74, 6) is 0.386. The van der Waals surface area contributed by atoms with E-state index in [0.29, 0.717) is 23.1 Å². The van der Waals surface area contributed by atoms with Crippen molar-refractivity contribution in [1.82, 2.24) is 0 Å². The van der Waals surface area contributed by atoms with E-state index in [0.717, 1.165) is 0 Å². The first-order valence-corrected chi connectivity index (χ1v) is 5.46. The molecule has 0 saturated heterocycles. The normalized spacial score (nSPS) is 10.4. The molecule has 0 amide bonds.